The van der Waals surface area contributed by atoms with Crippen molar-refractivity contribution < 1.29 is 14.7 Å². The number of amides is 2. The van der Waals surface area contributed by atoms with Crippen LogP contribution in [-0.2, 0) is 16.0 Å². The van der Waals surface area contributed by atoms with Gasteiger partial charge in [-0.2, -0.15) is 0 Å². The van der Waals surface area contributed by atoms with Crippen LogP contribution in [0.4, 0.5) is 5.69 Å². The Morgan fingerprint density at radius 2 is 1.92 bits per heavy atom. The third-order valence-corrected chi connectivity index (χ3v) is 5.35. The lowest BCUT2D eigenvalue weighted by atomic mass is 9.82. The highest BCUT2D eigenvalue weighted by Crippen LogP contribution is 2.30. The molecule has 1 aliphatic heterocycles. The number of hydrogen-bond acceptors (Lipinski definition) is 3. The van der Waals surface area contributed by atoms with E-state index in [1.54, 1.807) is 0 Å². The zero-order valence-electron chi connectivity index (χ0n) is 14.8. The summed E-state index contributed by atoms with van der Waals surface area (Å²) in [7, 11) is 0. The van der Waals surface area contributed by atoms with Gasteiger partial charge >= 0.3 is 0 Å². The SMILES string of the molecule is O=C(CC1(O)CCCCC1)NCCCC(=O)N1CCc2ccccc21. The summed E-state index contributed by atoms with van der Waals surface area (Å²) in [6, 6.07) is 8.02. The third kappa shape index (κ3) is 4.60. The fourth-order valence-electron chi connectivity index (χ4n) is 3.95. The fourth-order valence-corrected chi connectivity index (χ4v) is 3.95. The minimum atomic E-state index is -0.822. The smallest absolute Gasteiger partial charge is 0.227 e. The molecule has 0 atom stereocenters. The van der Waals surface area contributed by atoms with E-state index in [0.29, 0.717) is 32.2 Å². The van der Waals surface area contributed by atoms with Crippen molar-refractivity contribution in [1.82, 2.24) is 5.32 Å². The highest BCUT2D eigenvalue weighted by molar-refractivity contribution is 5.95. The molecule has 0 aromatic heterocycles. The van der Waals surface area contributed by atoms with Crippen LogP contribution in [0.25, 0.3) is 0 Å². The standard InChI is InChI=1S/C20H28N2O3/c23-18(15-20(25)11-4-1-5-12-20)21-13-6-9-19(24)22-14-10-16-7-2-3-8-17(16)22/h2-3,7-8,25H,1,4-6,9-15H2,(H,21,23). The minimum Gasteiger partial charge on any atom is -0.389 e. The van der Waals surface area contributed by atoms with Gasteiger partial charge in [0.25, 0.3) is 0 Å². The van der Waals surface area contributed by atoms with Gasteiger partial charge < -0.3 is 15.3 Å². The summed E-state index contributed by atoms with van der Waals surface area (Å²) in [5, 5.41) is 13.3. The van der Waals surface area contributed by atoms with E-state index in [4.69, 9.17) is 0 Å². The van der Waals surface area contributed by atoms with Gasteiger partial charge in [0.1, 0.15) is 0 Å². The van der Waals surface area contributed by atoms with Crippen LogP contribution in [0.1, 0.15) is 56.9 Å². The lowest BCUT2D eigenvalue weighted by Gasteiger charge is -2.31. The molecule has 0 bridgehead atoms. The fraction of sp³-hybridized carbons (Fsp3) is 0.600. The van der Waals surface area contributed by atoms with Crippen molar-refractivity contribution in [3.8, 4) is 0 Å². The van der Waals surface area contributed by atoms with E-state index in [-0.39, 0.29) is 18.2 Å². The summed E-state index contributed by atoms with van der Waals surface area (Å²) in [6.45, 7) is 1.23. The first-order valence-corrected chi connectivity index (χ1v) is 9.45. The zero-order chi connectivity index (χ0) is 17.7. The minimum absolute atomic E-state index is 0.108. The van der Waals surface area contributed by atoms with E-state index in [1.165, 1.54) is 5.56 Å². The molecule has 1 aromatic carbocycles. The molecule has 2 N–H and O–H groups in total. The van der Waals surface area contributed by atoms with Gasteiger partial charge in [-0.25, -0.2) is 0 Å². The van der Waals surface area contributed by atoms with Crippen molar-refractivity contribution in [2.75, 3.05) is 18.0 Å². The summed E-state index contributed by atoms with van der Waals surface area (Å²) in [5.74, 6) is 0.00785. The van der Waals surface area contributed by atoms with Gasteiger partial charge in [-0.1, -0.05) is 37.5 Å². The maximum absolute atomic E-state index is 12.4. The van der Waals surface area contributed by atoms with E-state index < -0.39 is 5.60 Å². The molecule has 5 nitrogen and oxygen atoms in total. The average molecular weight is 344 g/mol. The van der Waals surface area contributed by atoms with Gasteiger partial charge in [0, 0.05) is 25.2 Å². The van der Waals surface area contributed by atoms with E-state index in [1.807, 2.05) is 23.1 Å². The monoisotopic (exact) mass is 344 g/mol. The molecule has 1 aliphatic carbocycles. The Morgan fingerprint density at radius 3 is 2.72 bits per heavy atom. The van der Waals surface area contributed by atoms with Gasteiger partial charge in [0.15, 0.2) is 0 Å². The van der Waals surface area contributed by atoms with Crippen LogP contribution in [0.15, 0.2) is 24.3 Å². The van der Waals surface area contributed by atoms with Gasteiger partial charge in [-0.3, -0.25) is 9.59 Å². The van der Waals surface area contributed by atoms with Crippen LogP contribution in [0.3, 0.4) is 0 Å². The first kappa shape index (κ1) is 17.9. The molecule has 2 aliphatic rings. The summed E-state index contributed by atoms with van der Waals surface area (Å²) in [6.07, 6.45) is 6.72. The Balaban J connectivity index is 1.37. The van der Waals surface area contributed by atoms with E-state index >= 15 is 0 Å². The van der Waals surface area contributed by atoms with E-state index in [2.05, 4.69) is 11.4 Å². The molecular weight excluding hydrogens is 316 g/mol. The Morgan fingerprint density at radius 1 is 1.16 bits per heavy atom. The van der Waals surface area contributed by atoms with Gasteiger partial charge in [-0.05, 0) is 37.3 Å². The lowest BCUT2D eigenvalue weighted by Crippen LogP contribution is -2.38. The highest BCUT2D eigenvalue weighted by Gasteiger charge is 2.31. The highest BCUT2D eigenvalue weighted by atomic mass is 16.3. The molecule has 1 aromatic rings. The molecule has 3 rings (SSSR count). The maximum atomic E-state index is 12.4. The quantitative estimate of drug-likeness (QED) is 0.779. The molecular formula is C20H28N2O3. The first-order valence-electron chi connectivity index (χ1n) is 9.45. The number of nitrogens with one attached hydrogen (secondary N) is 1. The number of hydrogen-bond donors (Lipinski definition) is 2. The van der Waals surface area contributed by atoms with Crippen LogP contribution < -0.4 is 10.2 Å². The van der Waals surface area contributed by atoms with Crippen LogP contribution in [-0.4, -0.2) is 35.6 Å². The number of carbonyl (C=O) groups excluding carboxylic acids is 2. The molecule has 0 unspecified atom stereocenters. The molecule has 1 saturated carbocycles. The molecule has 1 heterocycles. The van der Waals surface area contributed by atoms with Crippen molar-refractivity contribution >= 4 is 17.5 Å². The summed E-state index contributed by atoms with van der Waals surface area (Å²) >= 11 is 0. The second-order valence-corrected chi connectivity index (χ2v) is 7.34. The van der Waals surface area contributed by atoms with Crippen molar-refractivity contribution in [3.63, 3.8) is 0 Å². The second-order valence-electron chi connectivity index (χ2n) is 7.34. The van der Waals surface area contributed by atoms with Crippen molar-refractivity contribution in [2.24, 2.45) is 0 Å². The first-order chi connectivity index (χ1) is 12.1. The molecule has 5 heteroatoms. The summed E-state index contributed by atoms with van der Waals surface area (Å²) < 4.78 is 0. The molecule has 0 radical (unpaired) electrons. The topological polar surface area (TPSA) is 69.6 Å². The Bertz CT molecular complexity index is 623. The summed E-state index contributed by atoms with van der Waals surface area (Å²) in [5.41, 5.74) is 1.43. The van der Waals surface area contributed by atoms with Gasteiger partial charge in [-0.15, -0.1) is 0 Å². The van der Waals surface area contributed by atoms with E-state index in [9.17, 15) is 14.7 Å². The normalized spacial score (nSPS) is 18.7. The largest absolute Gasteiger partial charge is 0.389 e. The van der Waals surface area contributed by atoms with Crippen LogP contribution >= 0.6 is 0 Å². The zero-order valence-corrected chi connectivity index (χ0v) is 14.8. The number of carbonyl (C=O) groups is 2. The predicted molar refractivity (Wildman–Crippen MR) is 97.4 cm³/mol. The molecule has 0 spiro atoms. The number of rotatable bonds is 6. The number of para-hydroxylation sites is 1. The number of benzene rings is 1. The van der Waals surface area contributed by atoms with Crippen LogP contribution in [0.2, 0.25) is 0 Å². The van der Waals surface area contributed by atoms with Gasteiger partial charge in [0.05, 0.1) is 12.0 Å². The van der Waals surface area contributed by atoms with Crippen molar-refractivity contribution in [2.45, 2.75) is 63.4 Å². The maximum Gasteiger partial charge on any atom is 0.227 e. The Hall–Kier alpha value is -1.88. The number of fused-ring (bicyclic) bond motifs is 1. The third-order valence-electron chi connectivity index (χ3n) is 5.35. The second kappa shape index (κ2) is 8.00. The van der Waals surface area contributed by atoms with Crippen molar-refractivity contribution in [3.05, 3.63) is 29.8 Å². The van der Waals surface area contributed by atoms with Crippen molar-refractivity contribution in [1.29, 1.82) is 0 Å². The molecule has 2 amide bonds. The average Bonchev–Trinajstić information content (AvgIpc) is 3.03. The van der Waals surface area contributed by atoms with Gasteiger partial charge in [0.2, 0.25) is 11.8 Å². The van der Waals surface area contributed by atoms with Crippen LogP contribution in [0, 0.1) is 0 Å². The molecule has 136 valence electrons. The molecule has 25 heavy (non-hydrogen) atoms. The van der Waals surface area contributed by atoms with Crippen LogP contribution in [0.5, 0.6) is 0 Å². The van der Waals surface area contributed by atoms with E-state index in [0.717, 1.165) is 37.9 Å². The molecule has 1 fully saturated rings. The number of nitrogens with zero attached hydrogens (tertiary/aromatic N) is 1. The predicted octanol–water partition coefficient (Wildman–Crippen LogP) is 2.56. The Kier molecular flexibility index (Phi) is 5.74. The Labute approximate surface area is 149 Å². The summed E-state index contributed by atoms with van der Waals surface area (Å²) in [4.78, 5) is 26.3. The number of aliphatic hydroxyl groups is 1. The lowest BCUT2D eigenvalue weighted by molar-refractivity contribution is -0.127. The number of anilines is 1. The molecule has 0 saturated heterocycles.